The Hall–Kier alpha value is -3.35. The molecule has 0 radical (unpaired) electrons. The van der Waals surface area contributed by atoms with Crippen LogP contribution in [0.4, 0.5) is 0 Å². The molecule has 0 aliphatic carbocycles. The Kier molecular flexibility index (Phi) is 5.81. The van der Waals surface area contributed by atoms with E-state index in [-0.39, 0.29) is 17.1 Å². The largest absolute Gasteiger partial charge is 0.476 e. The van der Waals surface area contributed by atoms with Gasteiger partial charge in [-0.2, -0.15) is 10.2 Å². The number of aryl methyl sites for hydroxylation is 1. The third-order valence-electron chi connectivity index (χ3n) is 6.02. The molecule has 0 saturated carbocycles. The molecule has 1 N–H and O–H groups in total. The van der Waals surface area contributed by atoms with Crippen molar-refractivity contribution in [1.82, 2.24) is 29.1 Å². The van der Waals surface area contributed by atoms with Crippen LogP contribution in [0.25, 0.3) is 32.2 Å². The van der Waals surface area contributed by atoms with Gasteiger partial charge in [-0.05, 0) is 17.7 Å². The number of carboxylic acids is 1. The maximum Gasteiger partial charge on any atom is 0.365 e. The number of aromatic carboxylic acids is 1. The lowest BCUT2D eigenvalue weighted by Crippen LogP contribution is -2.24. The highest BCUT2D eigenvalue weighted by molar-refractivity contribution is 7.21. The molecule has 0 aliphatic heterocycles. The number of benzene rings is 1. The molecule has 0 fully saturated rings. The van der Waals surface area contributed by atoms with Crippen LogP contribution in [-0.4, -0.2) is 54.9 Å². The number of carbonyl (C=O) groups is 1. The number of nitrogens with zero attached hydrogens (tertiary/aromatic N) is 6. The molecule has 4 aromatic heterocycles. The van der Waals surface area contributed by atoms with E-state index in [1.165, 1.54) is 4.68 Å². The topological polar surface area (TPSA) is 117 Å². The van der Waals surface area contributed by atoms with Crippen LogP contribution in [0.5, 0.6) is 0 Å². The molecule has 0 saturated heterocycles. The maximum atomic E-state index is 13.3. The number of hydrogen-bond acceptors (Lipinski definition) is 7. The summed E-state index contributed by atoms with van der Waals surface area (Å²) in [4.78, 5) is 28.8. The van der Waals surface area contributed by atoms with Crippen molar-refractivity contribution in [1.29, 1.82) is 0 Å². The van der Waals surface area contributed by atoms with Gasteiger partial charge >= 0.3 is 5.97 Å². The summed E-state index contributed by atoms with van der Waals surface area (Å²) in [6, 6.07) is 6.99. The average Bonchev–Trinajstić information content (AvgIpc) is 3.48. The first-order valence-electron chi connectivity index (χ1n) is 11.2. The fourth-order valence-electron chi connectivity index (χ4n) is 4.09. The summed E-state index contributed by atoms with van der Waals surface area (Å²) in [5.74, 6) is -1.09. The third-order valence-corrected chi connectivity index (χ3v) is 8.79. The van der Waals surface area contributed by atoms with E-state index in [1.54, 1.807) is 24.0 Å². The second-order valence-electron chi connectivity index (χ2n) is 9.75. The van der Waals surface area contributed by atoms with Crippen molar-refractivity contribution in [2.75, 3.05) is 6.61 Å². The van der Waals surface area contributed by atoms with E-state index in [0.29, 0.717) is 34.6 Å². The maximum absolute atomic E-state index is 13.3. The zero-order chi connectivity index (χ0) is 24.9. The molecule has 0 amide bonds. The van der Waals surface area contributed by atoms with Crippen molar-refractivity contribution >= 4 is 57.5 Å². The Labute approximate surface area is 205 Å². The van der Waals surface area contributed by atoms with Crippen LogP contribution in [0.1, 0.15) is 15.4 Å². The van der Waals surface area contributed by atoms with Crippen molar-refractivity contribution in [3.8, 4) is 0 Å². The molecule has 12 heteroatoms. The molecule has 0 bridgehead atoms. The number of rotatable bonds is 8. The molecule has 35 heavy (non-hydrogen) atoms. The normalized spacial score (nSPS) is 12.3. The summed E-state index contributed by atoms with van der Waals surface area (Å²) in [5.41, 5.74) is 2.52. The van der Waals surface area contributed by atoms with E-state index < -0.39 is 14.0 Å². The number of aromatic nitrogens is 6. The van der Waals surface area contributed by atoms with Gasteiger partial charge in [0.05, 0.1) is 29.2 Å². The van der Waals surface area contributed by atoms with Gasteiger partial charge < -0.3 is 14.4 Å². The van der Waals surface area contributed by atoms with Gasteiger partial charge in [-0.25, -0.2) is 19.1 Å². The Morgan fingerprint density at radius 2 is 1.89 bits per heavy atom. The molecule has 0 atom stereocenters. The van der Waals surface area contributed by atoms with Crippen molar-refractivity contribution in [2.24, 2.45) is 7.05 Å². The van der Waals surface area contributed by atoms with E-state index in [2.05, 4.69) is 34.8 Å². The molecular weight excluding hydrogens is 484 g/mol. The van der Waals surface area contributed by atoms with Gasteiger partial charge in [0.2, 0.25) is 5.01 Å². The lowest BCUT2D eigenvalue weighted by Gasteiger charge is -2.15. The van der Waals surface area contributed by atoms with Crippen molar-refractivity contribution < 1.29 is 14.6 Å². The fourth-order valence-corrected chi connectivity index (χ4v) is 5.79. The van der Waals surface area contributed by atoms with Gasteiger partial charge in [0, 0.05) is 32.5 Å². The summed E-state index contributed by atoms with van der Waals surface area (Å²) in [6.07, 6.45) is 3.41. The molecule has 10 nitrogen and oxygen atoms in total. The van der Waals surface area contributed by atoms with Crippen LogP contribution < -0.4 is 5.56 Å². The van der Waals surface area contributed by atoms with E-state index >= 15 is 0 Å². The molecule has 182 valence electrons. The highest BCUT2D eigenvalue weighted by Crippen LogP contribution is 2.30. The van der Waals surface area contributed by atoms with Gasteiger partial charge in [-0.1, -0.05) is 31.8 Å². The van der Waals surface area contributed by atoms with Crippen LogP contribution >= 0.6 is 11.3 Å². The van der Waals surface area contributed by atoms with E-state index in [9.17, 15) is 14.7 Å². The number of carboxylic acid groups (broad SMARTS) is 1. The summed E-state index contributed by atoms with van der Waals surface area (Å²) < 4.78 is 11.4. The first kappa shape index (κ1) is 23.4. The standard InChI is InChI=1S/C23H26N6O4SSi/c1-27-18-16(19-20(27)26-21(34-19)23(31)32)11-24-28(22(18)30)12-14-6-5-7-17-15(14)10-25-29(17)13-33-8-9-35(2,3)4/h5-7,10-11H,8-9,12-13H2,1-4H3,(H,31,32). The molecule has 5 rings (SSSR count). The minimum Gasteiger partial charge on any atom is -0.476 e. The van der Waals surface area contributed by atoms with Gasteiger partial charge in [0.15, 0.2) is 5.65 Å². The van der Waals surface area contributed by atoms with E-state index in [1.807, 2.05) is 22.9 Å². The highest BCUT2D eigenvalue weighted by Gasteiger charge is 2.21. The second-order valence-corrected chi connectivity index (χ2v) is 16.4. The van der Waals surface area contributed by atoms with Gasteiger partial charge in [-0.3, -0.25) is 4.79 Å². The lowest BCUT2D eigenvalue weighted by molar-refractivity contribution is 0.0696. The summed E-state index contributed by atoms with van der Waals surface area (Å²) in [6.45, 7) is 8.34. The number of hydrogen-bond donors (Lipinski definition) is 1. The highest BCUT2D eigenvalue weighted by atomic mass is 32.1. The van der Waals surface area contributed by atoms with Crippen LogP contribution in [-0.2, 0) is 25.1 Å². The summed E-state index contributed by atoms with van der Waals surface area (Å²) in [5, 5.41) is 19.7. The van der Waals surface area contributed by atoms with Crippen LogP contribution in [0.3, 0.4) is 0 Å². The molecule has 0 spiro atoms. The van der Waals surface area contributed by atoms with Crippen LogP contribution in [0, 0.1) is 0 Å². The lowest BCUT2D eigenvalue weighted by atomic mass is 10.1. The molecule has 4 heterocycles. The average molecular weight is 511 g/mol. The molecule has 0 aliphatic rings. The molecular formula is C23H26N6O4SSi. The van der Waals surface area contributed by atoms with Crippen LogP contribution in [0.15, 0.2) is 35.4 Å². The van der Waals surface area contributed by atoms with Gasteiger partial charge in [0.1, 0.15) is 12.2 Å². The monoisotopic (exact) mass is 510 g/mol. The Morgan fingerprint density at radius 1 is 1.14 bits per heavy atom. The number of fused-ring (bicyclic) bond motifs is 4. The number of thiazole rings is 1. The van der Waals surface area contributed by atoms with Crippen LogP contribution in [0.2, 0.25) is 25.7 Å². The molecule has 0 unspecified atom stereocenters. The predicted octanol–water partition coefficient (Wildman–Crippen LogP) is 3.75. The molecule has 1 aromatic carbocycles. The minimum absolute atomic E-state index is 0.00942. The zero-order valence-corrected chi connectivity index (χ0v) is 21.8. The van der Waals surface area contributed by atoms with Crippen molar-refractivity contribution in [3.63, 3.8) is 0 Å². The Morgan fingerprint density at radius 3 is 2.63 bits per heavy atom. The fraction of sp³-hybridized carbons (Fsp3) is 0.348. The van der Waals surface area contributed by atoms with E-state index in [4.69, 9.17) is 4.74 Å². The van der Waals surface area contributed by atoms with E-state index in [0.717, 1.165) is 33.8 Å². The Bertz CT molecular complexity index is 1640. The third kappa shape index (κ3) is 4.28. The quantitative estimate of drug-likeness (QED) is 0.249. The first-order valence-corrected chi connectivity index (χ1v) is 15.8. The minimum atomic E-state index is -1.15. The van der Waals surface area contributed by atoms with Crippen molar-refractivity contribution in [2.45, 2.75) is 39.0 Å². The molecule has 5 aromatic rings. The second kappa shape index (κ2) is 8.70. The van der Waals surface area contributed by atoms with Gasteiger partial charge in [0.25, 0.3) is 5.56 Å². The SMILES string of the molecule is Cn1c2nc(C(=O)O)sc2c2cnn(Cc3cccc4c3cnn4COCC[Si](C)(C)C)c(=O)c21. The summed E-state index contributed by atoms with van der Waals surface area (Å²) in [7, 11) is 0.563. The smallest absolute Gasteiger partial charge is 0.365 e. The number of ether oxygens (including phenoxy) is 1. The zero-order valence-electron chi connectivity index (χ0n) is 20.0. The Balaban J connectivity index is 1.45. The van der Waals surface area contributed by atoms with Crippen molar-refractivity contribution in [3.05, 3.63) is 51.5 Å². The predicted molar refractivity (Wildman–Crippen MR) is 138 cm³/mol. The first-order chi connectivity index (χ1) is 16.6. The van der Waals surface area contributed by atoms with Gasteiger partial charge in [-0.15, -0.1) is 11.3 Å². The summed E-state index contributed by atoms with van der Waals surface area (Å²) >= 11 is 1.05.